The first-order chi connectivity index (χ1) is 8.19. The Hall–Kier alpha value is -0.280. The van der Waals surface area contributed by atoms with Crippen molar-refractivity contribution in [2.45, 2.75) is 26.3 Å². The van der Waals surface area contributed by atoms with Crippen molar-refractivity contribution in [2.75, 3.05) is 7.05 Å². The van der Waals surface area contributed by atoms with Gasteiger partial charge >= 0.3 is 0 Å². The van der Waals surface area contributed by atoms with Crippen molar-refractivity contribution in [3.05, 3.63) is 32.6 Å². The molecule has 0 bridgehead atoms. The van der Waals surface area contributed by atoms with Gasteiger partial charge in [0.1, 0.15) is 0 Å². The molecule has 1 N–H and O–H groups in total. The smallest absolute Gasteiger partial charge is 0.0585 e. The molecule has 0 unspecified atom stereocenters. The van der Waals surface area contributed by atoms with Crippen LogP contribution in [0.25, 0.3) is 10.1 Å². The molecular formula is C13H15Cl2NS. The summed E-state index contributed by atoms with van der Waals surface area (Å²) in [7, 11) is 1.96. The van der Waals surface area contributed by atoms with Crippen molar-refractivity contribution in [1.29, 1.82) is 0 Å². The van der Waals surface area contributed by atoms with E-state index in [4.69, 9.17) is 23.2 Å². The molecule has 0 saturated carbocycles. The summed E-state index contributed by atoms with van der Waals surface area (Å²) < 4.78 is 1.12. The highest BCUT2D eigenvalue weighted by molar-refractivity contribution is 7.20. The second-order valence-corrected chi connectivity index (χ2v) is 5.94. The normalized spacial score (nSPS) is 11.3. The van der Waals surface area contributed by atoms with Crippen molar-refractivity contribution in [3.63, 3.8) is 0 Å². The number of halogens is 2. The Morgan fingerprint density at radius 2 is 1.94 bits per heavy atom. The highest BCUT2D eigenvalue weighted by Gasteiger charge is 2.15. The van der Waals surface area contributed by atoms with Crippen LogP contribution in [-0.2, 0) is 13.0 Å². The first-order valence-corrected chi connectivity index (χ1v) is 7.29. The second-order valence-electron chi connectivity index (χ2n) is 4.02. The number of benzene rings is 1. The summed E-state index contributed by atoms with van der Waals surface area (Å²) >= 11 is 14.3. The van der Waals surface area contributed by atoms with Crippen molar-refractivity contribution >= 4 is 44.6 Å². The van der Waals surface area contributed by atoms with Crippen LogP contribution >= 0.6 is 34.5 Å². The maximum atomic E-state index is 6.31. The van der Waals surface area contributed by atoms with E-state index in [1.54, 1.807) is 11.3 Å². The van der Waals surface area contributed by atoms with E-state index < -0.39 is 0 Å². The van der Waals surface area contributed by atoms with Gasteiger partial charge in [0.25, 0.3) is 0 Å². The fraction of sp³-hybridized carbons (Fsp3) is 0.385. The van der Waals surface area contributed by atoms with Gasteiger partial charge in [0, 0.05) is 21.8 Å². The van der Waals surface area contributed by atoms with Gasteiger partial charge in [-0.25, -0.2) is 0 Å². The molecule has 1 heterocycles. The van der Waals surface area contributed by atoms with E-state index in [1.807, 2.05) is 19.2 Å². The number of hydrogen-bond acceptors (Lipinski definition) is 2. The van der Waals surface area contributed by atoms with Gasteiger partial charge in [-0.15, -0.1) is 11.3 Å². The van der Waals surface area contributed by atoms with Gasteiger partial charge in [-0.1, -0.05) is 36.5 Å². The average molecular weight is 288 g/mol. The van der Waals surface area contributed by atoms with Gasteiger partial charge in [-0.2, -0.15) is 0 Å². The second kappa shape index (κ2) is 5.57. The van der Waals surface area contributed by atoms with Crippen molar-refractivity contribution in [1.82, 2.24) is 5.32 Å². The summed E-state index contributed by atoms with van der Waals surface area (Å²) in [6.07, 6.45) is 2.17. The number of fused-ring (bicyclic) bond motifs is 1. The van der Waals surface area contributed by atoms with Crippen LogP contribution in [0.5, 0.6) is 0 Å². The van der Waals surface area contributed by atoms with Crippen LogP contribution in [0.15, 0.2) is 12.1 Å². The van der Waals surface area contributed by atoms with E-state index in [1.165, 1.54) is 10.4 Å². The molecule has 1 nitrogen and oxygen atoms in total. The summed E-state index contributed by atoms with van der Waals surface area (Å²) in [5, 5.41) is 5.97. The third-order valence-electron chi connectivity index (χ3n) is 2.76. The van der Waals surface area contributed by atoms with Crippen LogP contribution in [-0.4, -0.2) is 7.05 Å². The molecule has 0 amide bonds. The molecule has 0 aliphatic carbocycles. The van der Waals surface area contributed by atoms with Gasteiger partial charge < -0.3 is 5.32 Å². The lowest BCUT2D eigenvalue weighted by Gasteiger charge is -2.03. The molecule has 4 heteroatoms. The van der Waals surface area contributed by atoms with Crippen LogP contribution in [0.4, 0.5) is 0 Å². The van der Waals surface area contributed by atoms with E-state index in [9.17, 15) is 0 Å². The molecule has 0 spiro atoms. The lowest BCUT2D eigenvalue weighted by Crippen LogP contribution is -2.05. The predicted octanol–water partition coefficient (Wildman–Crippen LogP) is 4.88. The zero-order chi connectivity index (χ0) is 12.4. The largest absolute Gasteiger partial charge is 0.315 e. The molecule has 0 saturated heterocycles. The molecule has 1 aromatic heterocycles. The molecule has 0 aliphatic rings. The fourth-order valence-corrected chi connectivity index (χ4v) is 3.95. The molecule has 1 aromatic carbocycles. The van der Waals surface area contributed by atoms with Crippen LogP contribution in [0, 0.1) is 0 Å². The van der Waals surface area contributed by atoms with Gasteiger partial charge in [0.2, 0.25) is 0 Å². The summed E-state index contributed by atoms with van der Waals surface area (Å²) in [5.74, 6) is 0. The number of aryl methyl sites for hydroxylation is 1. The average Bonchev–Trinajstić information content (AvgIpc) is 2.66. The first kappa shape index (κ1) is 13.2. The molecule has 0 radical (unpaired) electrons. The molecule has 17 heavy (non-hydrogen) atoms. The Kier molecular flexibility index (Phi) is 4.31. The van der Waals surface area contributed by atoms with Crippen molar-refractivity contribution < 1.29 is 0 Å². The maximum Gasteiger partial charge on any atom is 0.0585 e. The number of thiophene rings is 1. The molecule has 2 aromatic rings. The fourth-order valence-electron chi connectivity index (χ4n) is 2.06. The predicted molar refractivity (Wildman–Crippen MR) is 78.6 cm³/mol. The minimum Gasteiger partial charge on any atom is -0.315 e. The Labute approximate surface area is 116 Å². The Balaban J connectivity index is 2.70. The van der Waals surface area contributed by atoms with E-state index in [0.717, 1.165) is 39.5 Å². The Morgan fingerprint density at radius 3 is 2.59 bits per heavy atom. The molecule has 92 valence electrons. The Bertz CT molecular complexity index is 534. The summed E-state index contributed by atoms with van der Waals surface area (Å²) in [6.45, 7) is 3.06. The SMILES string of the molecule is CCCc1c(CNC)sc2c(Cl)ccc(Cl)c12. The third kappa shape index (κ3) is 2.45. The van der Waals surface area contributed by atoms with Crippen LogP contribution < -0.4 is 5.32 Å². The molecule has 2 rings (SSSR count). The lowest BCUT2D eigenvalue weighted by atomic mass is 10.1. The quantitative estimate of drug-likeness (QED) is 0.845. The molecule has 0 fully saturated rings. The van der Waals surface area contributed by atoms with E-state index >= 15 is 0 Å². The standard InChI is InChI=1S/C13H15Cl2NS/c1-3-4-8-11(7-16-2)17-13-10(15)6-5-9(14)12(8)13/h5-6,16H,3-4,7H2,1-2H3. The number of rotatable bonds is 4. The summed E-state index contributed by atoms with van der Waals surface area (Å²) in [6, 6.07) is 3.77. The zero-order valence-electron chi connectivity index (χ0n) is 9.94. The lowest BCUT2D eigenvalue weighted by molar-refractivity contribution is 0.812. The molecule has 0 aliphatic heterocycles. The highest BCUT2D eigenvalue weighted by atomic mass is 35.5. The van der Waals surface area contributed by atoms with Gasteiger partial charge in [0.15, 0.2) is 0 Å². The molecule has 0 atom stereocenters. The van der Waals surface area contributed by atoms with Gasteiger partial charge in [0.05, 0.1) is 9.72 Å². The van der Waals surface area contributed by atoms with Crippen molar-refractivity contribution in [3.8, 4) is 0 Å². The van der Waals surface area contributed by atoms with Crippen molar-refractivity contribution in [2.24, 2.45) is 0 Å². The minimum absolute atomic E-state index is 0.800. The van der Waals surface area contributed by atoms with Crippen LogP contribution in [0.3, 0.4) is 0 Å². The summed E-state index contributed by atoms with van der Waals surface area (Å²) in [5.41, 5.74) is 1.36. The third-order valence-corrected chi connectivity index (χ3v) is 4.77. The Morgan fingerprint density at radius 1 is 1.24 bits per heavy atom. The van der Waals surface area contributed by atoms with E-state index in [0.29, 0.717) is 0 Å². The summed E-state index contributed by atoms with van der Waals surface area (Å²) in [4.78, 5) is 1.35. The van der Waals surface area contributed by atoms with E-state index in [2.05, 4.69) is 12.2 Å². The number of hydrogen-bond donors (Lipinski definition) is 1. The zero-order valence-corrected chi connectivity index (χ0v) is 12.3. The molecular weight excluding hydrogens is 273 g/mol. The van der Waals surface area contributed by atoms with Crippen LogP contribution in [0.1, 0.15) is 23.8 Å². The highest BCUT2D eigenvalue weighted by Crippen LogP contribution is 2.40. The monoisotopic (exact) mass is 287 g/mol. The van der Waals surface area contributed by atoms with E-state index in [-0.39, 0.29) is 0 Å². The van der Waals surface area contributed by atoms with Gasteiger partial charge in [-0.05, 0) is 31.2 Å². The van der Waals surface area contributed by atoms with Crippen LogP contribution in [0.2, 0.25) is 10.0 Å². The van der Waals surface area contributed by atoms with Gasteiger partial charge in [-0.3, -0.25) is 0 Å². The number of nitrogens with one attached hydrogen (secondary N) is 1. The minimum atomic E-state index is 0.800. The first-order valence-electron chi connectivity index (χ1n) is 5.71. The maximum absolute atomic E-state index is 6.31. The topological polar surface area (TPSA) is 12.0 Å².